The van der Waals surface area contributed by atoms with Crippen LogP contribution in [0, 0.1) is 0 Å². The van der Waals surface area contributed by atoms with Gasteiger partial charge in [0.25, 0.3) is 0 Å². The van der Waals surface area contributed by atoms with Crippen molar-refractivity contribution in [3.05, 3.63) is 0 Å². The maximum absolute atomic E-state index is 10.2. The molecular formula is C8H17N3O2S. The van der Waals surface area contributed by atoms with Crippen molar-refractivity contribution in [3.63, 3.8) is 0 Å². The molecule has 14 heavy (non-hydrogen) atoms. The van der Waals surface area contributed by atoms with E-state index in [1.165, 1.54) is 0 Å². The molecule has 0 unspecified atom stereocenters. The number of hydrogen-bond donors (Lipinski definition) is 3. The van der Waals surface area contributed by atoms with Crippen LogP contribution in [0.5, 0.6) is 0 Å². The van der Waals surface area contributed by atoms with Crippen molar-refractivity contribution >= 4 is 23.9 Å². The second-order valence-electron chi connectivity index (χ2n) is 2.59. The van der Waals surface area contributed by atoms with Crippen LogP contribution in [0.1, 0.15) is 19.8 Å². The van der Waals surface area contributed by atoms with Crippen molar-refractivity contribution in [2.75, 3.05) is 19.3 Å². The van der Waals surface area contributed by atoms with E-state index in [4.69, 9.17) is 5.11 Å². The van der Waals surface area contributed by atoms with Crippen LogP contribution in [0.4, 0.5) is 0 Å². The maximum atomic E-state index is 10.2. The second kappa shape index (κ2) is 8.68. The molecule has 0 fully saturated rings. The zero-order valence-electron chi connectivity index (χ0n) is 8.54. The fourth-order valence-electron chi connectivity index (χ4n) is 0.670. The van der Waals surface area contributed by atoms with Gasteiger partial charge in [-0.25, -0.2) is 0 Å². The smallest absolute Gasteiger partial charge is 0.305 e. The van der Waals surface area contributed by atoms with Crippen LogP contribution in [0.15, 0.2) is 4.99 Å². The van der Waals surface area contributed by atoms with E-state index in [1.54, 1.807) is 19.0 Å². The molecule has 0 amide bonds. The summed E-state index contributed by atoms with van der Waals surface area (Å²) in [7, 11) is 1.66. The van der Waals surface area contributed by atoms with E-state index in [2.05, 4.69) is 22.0 Å². The highest BCUT2D eigenvalue weighted by molar-refractivity contribution is 7.97. The SMILES string of the molecule is CCCSNC(=NC)NCCC(=O)O. The minimum Gasteiger partial charge on any atom is -0.481 e. The first-order chi connectivity index (χ1) is 6.70. The fraction of sp³-hybridized carbons (Fsp3) is 0.750. The highest BCUT2D eigenvalue weighted by atomic mass is 32.2. The van der Waals surface area contributed by atoms with E-state index in [1.807, 2.05) is 0 Å². The molecule has 0 aliphatic carbocycles. The number of guanidine groups is 1. The summed E-state index contributed by atoms with van der Waals surface area (Å²) in [5, 5.41) is 11.3. The van der Waals surface area contributed by atoms with E-state index in [-0.39, 0.29) is 6.42 Å². The number of hydrogen-bond acceptors (Lipinski definition) is 3. The van der Waals surface area contributed by atoms with Crippen LogP contribution in [0.2, 0.25) is 0 Å². The molecule has 0 aliphatic rings. The molecule has 6 heteroatoms. The second-order valence-corrected chi connectivity index (χ2v) is 3.49. The first kappa shape index (κ1) is 13.1. The third-order valence-corrected chi connectivity index (χ3v) is 2.28. The average Bonchev–Trinajstić information content (AvgIpc) is 2.15. The van der Waals surface area contributed by atoms with Crippen LogP contribution in [-0.2, 0) is 4.79 Å². The monoisotopic (exact) mass is 219 g/mol. The van der Waals surface area contributed by atoms with Gasteiger partial charge in [0.05, 0.1) is 6.42 Å². The van der Waals surface area contributed by atoms with Gasteiger partial charge in [-0.3, -0.25) is 9.79 Å². The lowest BCUT2D eigenvalue weighted by Crippen LogP contribution is -2.34. The molecule has 82 valence electrons. The molecule has 3 N–H and O–H groups in total. The van der Waals surface area contributed by atoms with E-state index < -0.39 is 5.97 Å². The largest absolute Gasteiger partial charge is 0.481 e. The van der Waals surface area contributed by atoms with Crippen LogP contribution < -0.4 is 10.0 Å². The molecule has 0 aromatic carbocycles. The molecule has 0 aliphatic heterocycles. The number of carbonyl (C=O) groups is 1. The van der Waals surface area contributed by atoms with Crippen molar-refractivity contribution in [2.45, 2.75) is 19.8 Å². The van der Waals surface area contributed by atoms with E-state index >= 15 is 0 Å². The Balaban J connectivity index is 3.54. The van der Waals surface area contributed by atoms with Crippen molar-refractivity contribution in [3.8, 4) is 0 Å². The number of rotatable bonds is 6. The van der Waals surface area contributed by atoms with Crippen LogP contribution in [-0.4, -0.2) is 36.4 Å². The van der Waals surface area contributed by atoms with Gasteiger partial charge < -0.3 is 15.1 Å². The molecule has 0 saturated carbocycles. The van der Waals surface area contributed by atoms with E-state index in [0.29, 0.717) is 12.5 Å². The Morgan fingerprint density at radius 3 is 2.79 bits per heavy atom. The Morgan fingerprint density at radius 1 is 1.57 bits per heavy atom. The van der Waals surface area contributed by atoms with Crippen LogP contribution in [0.25, 0.3) is 0 Å². The van der Waals surface area contributed by atoms with Crippen LogP contribution in [0.3, 0.4) is 0 Å². The maximum Gasteiger partial charge on any atom is 0.305 e. The lowest BCUT2D eigenvalue weighted by atomic mass is 10.4. The van der Waals surface area contributed by atoms with E-state index in [0.717, 1.165) is 12.2 Å². The lowest BCUT2D eigenvalue weighted by Gasteiger charge is -2.09. The lowest BCUT2D eigenvalue weighted by molar-refractivity contribution is -0.136. The van der Waals surface area contributed by atoms with Crippen LogP contribution >= 0.6 is 11.9 Å². The minimum absolute atomic E-state index is 0.0964. The summed E-state index contributed by atoms with van der Waals surface area (Å²) in [4.78, 5) is 14.2. The van der Waals surface area contributed by atoms with Crippen molar-refractivity contribution < 1.29 is 9.90 Å². The molecule has 0 rings (SSSR count). The Kier molecular flexibility index (Phi) is 8.11. The first-order valence-corrected chi connectivity index (χ1v) is 5.49. The first-order valence-electron chi connectivity index (χ1n) is 4.51. The van der Waals surface area contributed by atoms with Gasteiger partial charge in [0.15, 0.2) is 0 Å². The number of aliphatic imine (C=N–C) groups is 1. The molecule has 0 heterocycles. The molecule has 0 spiro atoms. The third kappa shape index (κ3) is 7.72. The Bertz CT molecular complexity index is 197. The molecule has 0 radical (unpaired) electrons. The van der Waals surface area contributed by atoms with Gasteiger partial charge in [0.2, 0.25) is 5.96 Å². The number of aliphatic carboxylic acids is 1. The zero-order valence-corrected chi connectivity index (χ0v) is 9.36. The number of nitrogens with zero attached hydrogens (tertiary/aromatic N) is 1. The summed E-state index contributed by atoms with van der Waals surface area (Å²) in [5.41, 5.74) is 0. The summed E-state index contributed by atoms with van der Waals surface area (Å²) in [6.07, 6.45) is 1.18. The number of carboxylic acid groups (broad SMARTS) is 1. The van der Waals surface area contributed by atoms with Gasteiger partial charge in [0.1, 0.15) is 0 Å². The number of carboxylic acids is 1. The predicted octanol–water partition coefficient (Wildman–Crippen LogP) is 0.684. The molecule has 0 bridgehead atoms. The summed E-state index contributed by atoms with van der Waals surface area (Å²) in [5.74, 6) is 0.818. The Morgan fingerprint density at radius 2 is 2.29 bits per heavy atom. The quantitative estimate of drug-likeness (QED) is 0.265. The summed E-state index contributed by atoms with van der Waals surface area (Å²) in [6.45, 7) is 2.48. The molecule has 0 atom stereocenters. The van der Waals surface area contributed by atoms with Gasteiger partial charge in [-0.1, -0.05) is 18.9 Å². The molecule has 5 nitrogen and oxygen atoms in total. The van der Waals surface area contributed by atoms with Crippen molar-refractivity contribution in [1.29, 1.82) is 0 Å². The fourth-order valence-corrected chi connectivity index (χ4v) is 1.28. The summed E-state index contributed by atoms with van der Waals surface area (Å²) >= 11 is 1.55. The standard InChI is InChI=1S/C8H17N3O2S/c1-3-6-14-11-8(9-2)10-5-4-7(12)13/h3-6H2,1-2H3,(H,12,13)(H2,9,10,11). The van der Waals surface area contributed by atoms with Crippen molar-refractivity contribution in [1.82, 2.24) is 10.0 Å². The third-order valence-electron chi connectivity index (χ3n) is 1.33. The Labute approximate surface area is 88.5 Å². The molecule has 0 aromatic heterocycles. The van der Waals surface area contributed by atoms with Gasteiger partial charge in [0, 0.05) is 19.3 Å². The van der Waals surface area contributed by atoms with Gasteiger partial charge in [-0.05, 0) is 6.42 Å². The topological polar surface area (TPSA) is 73.7 Å². The van der Waals surface area contributed by atoms with E-state index in [9.17, 15) is 4.79 Å². The van der Waals surface area contributed by atoms with Gasteiger partial charge in [-0.2, -0.15) is 0 Å². The molecule has 0 saturated heterocycles. The molecule has 0 aromatic rings. The summed E-state index contributed by atoms with van der Waals surface area (Å²) in [6, 6.07) is 0. The van der Waals surface area contributed by atoms with Gasteiger partial charge in [-0.15, -0.1) is 0 Å². The normalized spacial score (nSPS) is 11.1. The minimum atomic E-state index is -0.811. The summed E-state index contributed by atoms with van der Waals surface area (Å²) < 4.78 is 3.01. The predicted molar refractivity (Wildman–Crippen MR) is 59.5 cm³/mol. The highest BCUT2D eigenvalue weighted by Crippen LogP contribution is 1.94. The van der Waals surface area contributed by atoms with Crippen molar-refractivity contribution in [2.24, 2.45) is 4.99 Å². The number of nitrogens with one attached hydrogen (secondary N) is 2. The average molecular weight is 219 g/mol. The zero-order chi connectivity index (χ0) is 10.8. The van der Waals surface area contributed by atoms with Gasteiger partial charge >= 0.3 is 5.97 Å². The highest BCUT2D eigenvalue weighted by Gasteiger charge is 1.99. The molecular weight excluding hydrogens is 202 g/mol. The Hall–Kier alpha value is -0.910.